The molecule has 1 unspecified atom stereocenters. The van der Waals surface area contributed by atoms with Gasteiger partial charge in [-0.2, -0.15) is 0 Å². The largest absolute Gasteiger partial charge is 0.299 e. The van der Waals surface area contributed by atoms with Gasteiger partial charge in [0.1, 0.15) is 5.78 Å². The van der Waals surface area contributed by atoms with E-state index < -0.39 is 0 Å². The molecule has 0 amide bonds. The SMILES string of the molecule is CC1C=C2CC(=O)CCC2=CC1. The maximum atomic E-state index is 11.2. The highest BCUT2D eigenvalue weighted by Crippen LogP contribution is 2.32. The van der Waals surface area contributed by atoms with Crippen LogP contribution < -0.4 is 0 Å². The minimum absolute atomic E-state index is 0.410. The average Bonchev–Trinajstić information content (AvgIpc) is 2.03. The molecule has 1 atom stereocenters. The molecule has 2 aliphatic rings. The highest BCUT2D eigenvalue weighted by atomic mass is 16.1. The number of fused-ring (bicyclic) bond motifs is 1. The van der Waals surface area contributed by atoms with E-state index in [1.165, 1.54) is 11.1 Å². The summed E-state index contributed by atoms with van der Waals surface area (Å²) >= 11 is 0. The van der Waals surface area contributed by atoms with Gasteiger partial charge in [-0.15, -0.1) is 0 Å². The van der Waals surface area contributed by atoms with Crippen LogP contribution in [0.2, 0.25) is 0 Å². The van der Waals surface area contributed by atoms with Gasteiger partial charge in [0.05, 0.1) is 0 Å². The molecule has 0 aromatic rings. The Kier molecular flexibility index (Phi) is 1.87. The minimum atomic E-state index is 0.410. The van der Waals surface area contributed by atoms with Crippen LogP contribution in [-0.2, 0) is 4.79 Å². The quantitative estimate of drug-likeness (QED) is 0.535. The maximum Gasteiger partial charge on any atom is 0.137 e. The summed E-state index contributed by atoms with van der Waals surface area (Å²) in [4.78, 5) is 11.2. The van der Waals surface area contributed by atoms with Gasteiger partial charge in [-0.3, -0.25) is 4.79 Å². The minimum Gasteiger partial charge on any atom is -0.299 e. The zero-order valence-electron chi connectivity index (χ0n) is 7.47. The van der Waals surface area contributed by atoms with Crippen molar-refractivity contribution in [3.8, 4) is 0 Å². The summed E-state index contributed by atoms with van der Waals surface area (Å²) in [6.45, 7) is 2.21. The molecule has 1 heteroatoms. The molecule has 1 nitrogen and oxygen atoms in total. The Bertz CT molecular complexity index is 271. The number of carbonyl (C=O) groups is 1. The van der Waals surface area contributed by atoms with E-state index in [4.69, 9.17) is 0 Å². The molecule has 2 rings (SSSR count). The monoisotopic (exact) mass is 162 g/mol. The van der Waals surface area contributed by atoms with Crippen LogP contribution in [0.3, 0.4) is 0 Å². The summed E-state index contributed by atoms with van der Waals surface area (Å²) in [6.07, 6.45) is 8.18. The second-order valence-electron chi connectivity index (χ2n) is 3.85. The van der Waals surface area contributed by atoms with Crippen LogP contribution in [0.25, 0.3) is 0 Å². The van der Waals surface area contributed by atoms with E-state index in [-0.39, 0.29) is 0 Å². The van der Waals surface area contributed by atoms with Crippen molar-refractivity contribution < 1.29 is 4.79 Å². The standard InChI is InChI=1S/C11H14O/c1-8-2-3-9-4-5-11(12)7-10(9)6-8/h3,6,8H,2,4-5,7H2,1H3. The molecular formula is C11H14O. The second-order valence-corrected chi connectivity index (χ2v) is 3.85. The van der Waals surface area contributed by atoms with Gasteiger partial charge in [0, 0.05) is 12.8 Å². The fourth-order valence-electron chi connectivity index (χ4n) is 1.99. The van der Waals surface area contributed by atoms with E-state index in [0.717, 1.165) is 19.3 Å². The highest BCUT2D eigenvalue weighted by molar-refractivity contribution is 5.84. The van der Waals surface area contributed by atoms with Crippen LogP contribution in [0.15, 0.2) is 23.3 Å². The molecule has 0 radical (unpaired) electrons. The van der Waals surface area contributed by atoms with Crippen LogP contribution in [0.1, 0.15) is 32.6 Å². The molecule has 0 aromatic carbocycles. The first-order valence-corrected chi connectivity index (χ1v) is 4.67. The summed E-state index contributed by atoms with van der Waals surface area (Å²) in [7, 11) is 0. The fraction of sp³-hybridized carbons (Fsp3) is 0.545. The van der Waals surface area contributed by atoms with Crippen LogP contribution in [-0.4, -0.2) is 5.78 Å². The Morgan fingerprint density at radius 1 is 1.33 bits per heavy atom. The van der Waals surface area contributed by atoms with Gasteiger partial charge >= 0.3 is 0 Å². The smallest absolute Gasteiger partial charge is 0.137 e. The third-order valence-corrected chi connectivity index (χ3v) is 2.69. The van der Waals surface area contributed by atoms with E-state index in [0.29, 0.717) is 18.1 Å². The number of rotatable bonds is 0. The summed E-state index contributed by atoms with van der Waals surface area (Å²) < 4.78 is 0. The van der Waals surface area contributed by atoms with E-state index in [1.807, 2.05) is 0 Å². The van der Waals surface area contributed by atoms with Crippen LogP contribution in [0.4, 0.5) is 0 Å². The Morgan fingerprint density at radius 2 is 2.17 bits per heavy atom. The maximum absolute atomic E-state index is 11.2. The predicted molar refractivity (Wildman–Crippen MR) is 48.8 cm³/mol. The first-order valence-electron chi connectivity index (χ1n) is 4.67. The van der Waals surface area contributed by atoms with E-state index in [1.54, 1.807) is 0 Å². The average molecular weight is 162 g/mol. The number of Topliss-reactive ketones (excluding diaryl/α,β-unsaturated/α-hetero) is 1. The third kappa shape index (κ3) is 1.36. The first kappa shape index (κ1) is 7.78. The summed E-state index contributed by atoms with van der Waals surface area (Å²) in [6, 6.07) is 0. The van der Waals surface area contributed by atoms with Crippen molar-refractivity contribution in [3.05, 3.63) is 23.3 Å². The van der Waals surface area contributed by atoms with Gasteiger partial charge in [-0.25, -0.2) is 0 Å². The van der Waals surface area contributed by atoms with Gasteiger partial charge in [0.25, 0.3) is 0 Å². The normalized spacial score (nSPS) is 29.1. The Labute approximate surface area is 73.2 Å². The predicted octanol–water partition coefficient (Wildman–Crippen LogP) is 2.63. The molecule has 64 valence electrons. The number of ketones is 1. The Balaban J connectivity index is 2.23. The van der Waals surface area contributed by atoms with Gasteiger partial charge < -0.3 is 0 Å². The van der Waals surface area contributed by atoms with Crippen molar-refractivity contribution in [3.63, 3.8) is 0 Å². The van der Waals surface area contributed by atoms with E-state index in [2.05, 4.69) is 19.1 Å². The van der Waals surface area contributed by atoms with Crippen LogP contribution in [0.5, 0.6) is 0 Å². The molecule has 0 aromatic heterocycles. The highest BCUT2D eigenvalue weighted by Gasteiger charge is 2.20. The van der Waals surface area contributed by atoms with Crippen molar-refractivity contribution in [1.82, 2.24) is 0 Å². The molecule has 0 saturated heterocycles. The Hall–Kier alpha value is -0.850. The van der Waals surface area contributed by atoms with Crippen molar-refractivity contribution in [2.45, 2.75) is 32.6 Å². The van der Waals surface area contributed by atoms with Gasteiger partial charge in [0.2, 0.25) is 0 Å². The van der Waals surface area contributed by atoms with Crippen molar-refractivity contribution in [1.29, 1.82) is 0 Å². The lowest BCUT2D eigenvalue weighted by atomic mass is 9.82. The Morgan fingerprint density at radius 3 is 3.00 bits per heavy atom. The van der Waals surface area contributed by atoms with Crippen LogP contribution in [0, 0.1) is 5.92 Å². The molecule has 0 N–H and O–H groups in total. The molecule has 0 heterocycles. The van der Waals surface area contributed by atoms with Crippen LogP contribution >= 0.6 is 0 Å². The molecule has 0 spiro atoms. The fourth-order valence-corrected chi connectivity index (χ4v) is 1.99. The summed E-state index contributed by atoms with van der Waals surface area (Å²) in [5, 5.41) is 0. The molecular weight excluding hydrogens is 148 g/mol. The molecule has 12 heavy (non-hydrogen) atoms. The zero-order valence-corrected chi connectivity index (χ0v) is 7.47. The third-order valence-electron chi connectivity index (χ3n) is 2.69. The number of hydrogen-bond acceptors (Lipinski definition) is 1. The number of hydrogen-bond donors (Lipinski definition) is 0. The molecule has 2 aliphatic carbocycles. The van der Waals surface area contributed by atoms with E-state index >= 15 is 0 Å². The lowest BCUT2D eigenvalue weighted by Gasteiger charge is -2.23. The number of carbonyl (C=O) groups excluding carboxylic acids is 1. The van der Waals surface area contributed by atoms with Crippen molar-refractivity contribution in [2.24, 2.45) is 5.92 Å². The van der Waals surface area contributed by atoms with Gasteiger partial charge in [0.15, 0.2) is 0 Å². The van der Waals surface area contributed by atoms with Gasteiger partial charge in [-0.1, -0.05) is 19.1 Å². The molecule has 0 aliphatic heterocycles. The summed E-state index contributed by atoms with van der Waals surface area (Å²) in [5.41, 5.74) is 2.75. The number of allylic oxidation sites excluding steroid dienone is 4. The lowest BCUT2D eigenvalue weighted by molar-refractivity contribution is -0.118. The van der Waals surface area contributed by atoms with Crippen molar-refractivity contribution in [2.75, 3.05) is 0 Å². The molecule has 1 fully saturated rings. The topological polar surface area (TPSA) is 17.1 Å². The van der Waals surface area contributed by atoms with Crippen molar-refractivity contribution >= 4 is 5.78 Å². The van der Waals surface area contributed by atoms with E-state index in [9.17, 15) is 4.79 Å². The summed E-state index contributed by atoms with van der Waals surface area (Å²) in [5.74, 6) is 1.04. The zero-order chi connectivity index (χ0) is 8.55. The second kappa shape index (κ2) is 2.89. The lowest BCUT2D eigenvalue weighted by Crippen LogP contribution is -2.13. The first-order chi connectivity index (χ1) is 5.75. The molecule has 1 saturated carbocycles. The molecule has 0 bridgehead atoms. The van der Waals surface area contributed by atoms with Gasteiger partial charge in [-0.05, 0) is 29.9 Å².